The summed E-state index contributed by atoms with van der Waals surface area (Å²) in [6.07, 6.45) is 6.85. The first kappa shape index (κ1) is 16.9. The summed E-state index contributed by atoms with van der Waals surface area (Å²) < 4.78 is 5.61. The number of aromatic nitrogens is 3. The molecule has 0 bridgehead atoms. The van der Waals surface area contributed by atoms with Gasteiger partial charge in [0, 0.05) is 23.3 Å². The molecule has 1 aliphatic heterocycles. The zero-order chi connectivity index (χ0) is 19.3. The molecule has 7 heteroatoms. The number of hydrogen-bond donors (Lipinski definition) is 2. The summed E-state index contributed by atoms with van der Waals surface area (Å²) in [7, 11) is 0. The molecule has 0 unspecified atom stereocenters. The van der Waals surface area contributed by atoms with Gasteiger partial charge in [-0.25, -0.2) is 9.97 Å². The SMILES string of the molecule is Cc1cc(-c2cc(-c3cc(N)ncn3)no2)cc2c1C(=O)NC21CCCCC1. The number of fused-ring (bicyclic) bond motifs is 2. The van der Waals surface area contributed by atoms with E-state index in [0.717, 1.165) is 47.9 Å². The number of nitrogens with zero attached hydrogens (tertiary/aromatic N) is 3. The quantitative estimate of drug-likeness (QED) is 0.709. The van der Waals surface area contributed by atoms with E-state index >= 15 is 0 Å². The van der Waals surface area contributed by atoms with Crippen LogP contribution >= 0.6 is 0 Å². The Hall–Kier alpha value is -3.22. The average Bonchev–Trinajstić information content (AvgIpc) is 3.27. The molecule has 1 saturated carbocycles. The third-order valence-electron chi connectivity index (χ3n) is 5.88. The first-order chi connectivity index (χ1) is 13.6. The van der Waals surface area contributed by atoms with E-state index in [1.165, 1.54) is 12.7 Å². The Morgan fingerprint density at radius 1 is 1.07 bits per heavy atom. The Kier molecular flexibility index (Phi) is 3.72. The van der Waals surface area contributed by atoms with Gasteiger partial charge in [0.15, 0.2) is 5.76 Å². The van der Waals surface area contributed by atoms with Gasteiger partial charge in [0.05, 0.1) is 11.2 Å². The van der Waals surface area contributed by atoms with Crippen molar-refractivity contribution in [2.24, 2.45) is 0 Å². The second kappa shape index (κ2) is 6.15. The number of nitrogens with one attached hydrogen (secondary N) is 1. The smallest absolute Gasteiger partial charge is 0.252 e. The molecule has 1 aromatic carbocycles. The Labute approximate surface area is 162 Å². The summed E-state index contributed by atoms with van der Waals surface area (Å²) in [6, 6.07) is 7.58. The minimum Gasteiger partial charge on any atom is -0.384 e. The highest BCUT2D eigenvalue weighted by atomic mass is 16.5. The van der Waals surface area contributed by atoms with Crippen molar-refractivity contribution >= 4 is 11.7 Å². The summed E-state index contributed by atoms with van der Waals surface area (Å²) in [5.74, 6) is 1.06. The van der Waals surface area contributed by atoms with Gasteiger partial charge in [0.1, 0.15) is 17.8 Å². The number of anilines is 1. The van der Waals surface area contributed by atoms with Gasteiger partial charge < -0.3 is 15.6 Å². The molecule has 7 nitrogen and oxygen atoms in total. The van der Waals surface area contributed by atoms with Crippen molar-refractivity contribution in [2.45, 2.75) is 44.6 Å². The summed E-state index contributed by atoms with van der Waals surface area (Å²) in [5, 5.41) is 7.42. The van der Waals surface area contributed by atoms with Gasteiger partial charge in [0.25, 0.3) is 5.91 Å². The molecule has 2 aromatic heterocycles. The highest BCUT2D eigenvalue weighted by molar-refractivity contribution is 6.02. The zero-order valence-corrected chi connectivity index (χ0v) is 15.7. The Morgan fingerprint density at radius 2 is 1.89 bits per heavy atom. The first-order valence-corrected chi connectivity index (χ1v) is 9.58. The fraction of sp³-hybridized carbons (Fsp3) is 0.333. The molecular weight excluding hydrogens is 354 g/mol. The molecule has 1 spiro atoms. The standard InChI is InChI=1S/C21H21N5O2/c1-12-7-13(17-9-16(26-28-17)15-10-18(22)24-11-23-15)8-14-19(12)20(27)25-21(14)5-3-2-4-6-21/h7-11H,2-6H2,1H3,(H,25,27)(H2,22,23,24). The van der Waals surface area contributed by atoms with Crippen LogP contribution in [0.5, 0.6) is 0 Å². The zero-order valence-electron chi connectivity index (χ0n) is 15.7. The third kappa shape index (κ3) is 2.58. The molecule has 0 atom stereocenters. The number of benzene rings is 1. The number of hydrogen-bond acceptors (Lipinski definition) is 6. The second-order valence-electron chi connectivity index (χ2n) is 7.72. The Bertz CT molecular complexity index is 1080. The van der Waals surface area contributed by atoms with Crippen LogP contribution < -0.4 is 11.1 Å². The molecule has 3 aromatic rings. The van der Waals surface area contributed by atoms with Crippen LogP contribution in [-0.2, 0) is 5.54 Å². The lowest BCUT2D eigenvalue weighted by atomic mass is 9.76. The molecule has 3 heterocycles. The lowest BCUT2D eigenvalue weighted by molar-refractivity contribution is 0.0909. The molecule has 2 aliphatic rings. The molecule has 3 N–H and O–H groups in total. The number of carbonyl (C=O) groups excluding carboxylic acids is 1. The number of carbonyl (C=O) groups is 1. The van der Waals surface area contributed by atoms with Gasteiger partial charge in [-0.1, -0.05) is 24.4 Å². The van der Waals surface area contributed by atoms with Gasteiger partial charge in [-0.05, 0) is 43.0 Å². The van der Waals surface area contributed by atoms with Crippen molar-refractivity contribution in [1.82, 2.24) is 20.4 Å². The second-order valence-corrected chi connectivity index (χ2v) is 7.72. The molecule has 1 amide bonds. The molecule has 0 saturated heterocycles. The topological polar surface area (TPSA) is 107 Å². The van der Waals surface area contributed by atoms with Crippen molar-refractivity contribution in [2.75, 3.05) is 5.73 Å². The molecule has 1 fully saturated rings. The molecule has 0 radical (unpaired) electrons. The highest BCUT2D eigenvalue weighted by Gasteiger charge is 2.44. The van der Waals surface area contributed by atoms with E-state index in [1.807, 2.05) is 19.1 Å². The van der Waals surface area contributed by atoms with E-state index < -0.39 is 0 Å². The van der Waals surface area contributed by atoms with Crippen LogP contribution in [0.1, 0.15) is 53.6 Å². The van der Waals surface area contributed by atoms with E-state index in [1.54, 1.807) is 6.07 Å². The number of amides is 1. The monoisotopic (exact) mass is 375 g/mol. The van der Waals surface area contributed by atoms with Crippen LogP contribution in [0.2, 0.25) is 0 Å². The average molecular weight is 375 g/mol. The van der Waals surface area contributed by atoms with E-state index in [0.29, 0.717) is 23.0 Å². The van der Waals surface area contributed by atoms with Crippen LogP contribution in [0.15, 0.2) is 35.1 Å². The lowest BCUT2D eigenvalue weighted by Crippen LogP contribution is -2.40. The normalized spacial score (nSPS) is 17.5. The molecule has 5 rings (SSSR count). The summed E-state index contributed by atoms with van der Waals surface area (Å²) in [5.41, 5.74) is 10.5. The van der Waals surface area contributed by atoms with Crippen molar-refractivity contribution in [3.63, 3.8) is 0 Å². The number of nitrogens with two attached hydrogens (primary N) is 1. The van der Waals surface area contributed by atoms with Gasteiger partial charge in [0.2, 0.25) is 0 Å². The maximum atomic E-state index is 12.7. The van der Waals surface area contributed by atoms with Gasteiger partial charge >= 0.3 is 0 Å². The maximum Gasteiger partial charge on any atom is 0.252 e. The first-order valence-electron chi connectivity index (χ1n) is 9.58. The minimum atomic E-state index is -0.241. The van der Waals surface area contributed by atoms with Crippen molar-refractivity contribution < 1.29 is 9.32 Å². The summed E-state index contributed by atoms with van der Waals surface area (Å²) in [6.45, 7) is 1.98. The van der Waals surface area contributed by atoms with Gasteiger partial charge in [-0.3, -0.25) is 4.79 Å². The molecule has 1 aliphatic carbocycles. The van der Waals surface area contributed by atoms with Crippen molar-refractivity contribution in [1.29, 1.82) is 0 Å². The molecule has 142 valence electrons. The van der Waals surface area contributed by atoms with E-state index in [2.05, 4.69) is 26.5 Å². The Balaban J connectivity index is 1.59. The lowest BCUT2D eigenvalue weighted by Gasteiger charge is -2.34. The fourth-order valence-electron chi connectivity index (χ4n) is 4.55. The van der Waals surface area contributed by atoms with Crippen LogP contribution in [0.4, 0.5) is 5.82 Å². The van der Waals surface area contributed by atoms with Crippen LogP contribution in [-0.4, -0.2) is 21.0 Å². The fourth-order valence-corrected chi connectivity index (χ4v) is 4.55. The van der Waals surface area contributed by atoms with Crippen LogP contribution in [0.3, 0.4) is 0 Å². The summed E-state index contributed by atoms with van der Waals surface area (Å²) >= 11 is 0. The van der Waals surface area contributed by atoms with Gasteiger partial charge in [-0.15, -0.1) is 0 Å². The predicted molar refractivity (Wildman–Crippen MR) is 104 cm³/mol. The summed E-state index contributed by atoms with van der Waals surface area (Å²) in [4.78, 5) is 20.8. The maximum absolute atomic E-state index is 12.7. The molecular formula is C21H21N5O2. The van der Waals surface area contributed by atoms with Crippen molar-refractivity contribution in [3.05, 3.63) is 47.3 Å². The number of nitrogen functional groups attached to an aromatic ring is 1. The third-order valence-corrected chi connectivity index (χ3v) is 5.88. The highest BCUT2D eigenvalue weighted by Crippen LogP contribution is 2.45. The largest absolute Gasteiger partial charge is 0.384 e. The van der Waals surface area contributed by atoms with Crippen LogP contribution in [0, 0.1) is 6.92 Å². The van der Waals surface area contributed by atoms with E-state index in [-0.39, 0.29) is 11.4 Å². The van der Waals surface area contributed by atoms with E-state index in [9.17, 15) is 4.79 Å². The minimum absolute atomic E-state index is 0.0377. The van der Waals surface area contributed by atoms with Crippen molar-refractivity contribution in [3.8, 4) is 22.7 Å². The van der Waals surface area contributed by atoms with Gasteiger partial charge in [-0.2, -0.15) is 0 Å². The Morgan fingerprint density at radius 3 is 2.68 bits per heavy atom. The van der Waals surface area contributed by atoms with E-state index in [4.69, 9.17) is 10.3 Å². The molecule has 28 heavy (non-hydrogen) atoms. The predicted octanol–water partition coefficient (Wildman–Crippen LogP) is 3.59. The van der Waals surface area contributed by atoms with Crippen LogP contribution in [0.25, 0.3) is 22.7 Å². The number of aryl methyl sites for hydroxylation is 1. The number of rotatable bonds is 2.